The van der Waals surface area contributed by atoms with Crippen molar-refractivity contribution >= 4 is 11.9 Å². The van der Waals surface area contributed by atoms with E-state index in [1.54, 1.807) is 9.58 Å². The van der Waals surface area contributed by atoms with E-state index in [9.17, 15) is 4.79 Å². The van der Waals surface area contributed by atoms with Crippen molar-refractivity contribution in [1.29, 1.82) is 0 Å². The number of nitrogen functional groups attached to an aromatic ring is 1. The fourth-order valence-electron chi connectivity index (χ4n) is 2.97. The van der Waals surface area contributed by atoms with Gasteiger partial charge in [0, 0.05) is 12.6 Å². The number of benzene rings is 1. The molecule has 1 aromatic carbocycles. The van der Waals surface area contributed by atoms with Crippen LogP contribution in [0, 0.1) is 0 Å². The number of para-hydroxylation sites is 1. The maximum absolute atomic E-state index is 12.4. The Morgan fingerprint density at radius 2 is 2.00 bits per heavy atom. The monoisotopic (exact) mass is 328 g/mol. The number of hydrogen-bond donors (Lipinski definition) is 1. The molecule has 0 bridgehead atoms. The number of nitrogens with zero attached hydrogens (tertiary/aromatic N) is 3. The third-order valence-corrected chi connectivity index (χ3v) is 3.98. The summed E-state index contributed by atoms with van der Waals surface area (Å²) >= 11 is 0. The highest BCUT2D eigenvalue weighted by atomic mass is 16.6. The first-order valence-corrected chi connectivity index (χ1v) is 8.25. The minimum atomic E-state index is -0.507. The molecule has 1 saturated heterocycles. The van der Waals surface area contributed by atoms with Crippen LogP contribution in [0.5, 0.6) is 0 Å². The molecule has 1 aliphatic heterocycles. The predicted octanol–water partition coefficient (Wildman–Crippen LogP) is 3.53. The van der Waals surface area contributed by atoms with E-state index in [1.165, 1.54) is 0 Å². The summed E-state index contributed by atoms with van der Waals surface area (Å²) in [5.41, 5.74) is 7.33. The Kier molecular flexibility index (Phi) is 4.22. The van der Waals surface area contributed by atoms with Gasteiger partial charge in [-0.3, -0.25) is 4.90 Å². The van der Waals surface area contributed by atoms with E-state index in [1.807, 2.05) is 57.2 Å². The van der Waals surface area contributed by atoms with Gasteiger partial charge in [-0.1, -0.05) is 18.2 Å². The summed E-state index contributed by atoms with van der Waals surface area (Å²) in [7, 11) is 0. The van der Waals surface area contributed by atoms with Gasteiger partial charge in [0.25, 0.3) is 0 Å². The Labute approximate surface area is 142 Å². The number of carbonyl (C=O) groups is 1. The molecule has 1 amide bonds. The molecule has 24 heavy (non-hydrogen) atoms. The molecule has 6 nitrogen and oxygen atoms in total. The van der Waals surface area contributed by atoms with Gasteiger partial charge in [-0.25, -0.2) is 9.48 Å². The molecule has 1 atom stereocenters. The van der Waals surface area contributed by atoms with E-state index >= 15 is 0 Å². The molecular formula is C18H24N4O2. The van der Waals surface area contributed by atoms with Crippen LogP contribution in [0.1, 0.15) is 45.3 Å². The molecule has 0 spiro atoms. The van der Waals surface area contributed by atoms with Gasteiger partial charge in [0.05, 0.1) is 17.4 Å². The van der Waals surface area contributed by atoms with Crippen LogP contribution in [0.4, 0.5) is 10.6 Å². The van der Waals surface area contributed by atoms with Crippen LogP contribution < -0.4 is 5.73 Å². The lowest BCUT2D eigenvalue weighted by atomic mass is 10.1. The summed E-state index contributed by atoms with van der Waals surface area (Å²) in [5, 5.41) is 4.63. The molecule has 2 aromatic rings. The number of hydrogen-bond acceptors (Lipinski definition) is 4. The van der Waals surface area contributed by atoms with E-state index in [0.29, 0.717) is 12.4 Å². The van der Waals surface area contributed by atoms with Gasteiger partial charge in [-0.15, -0.1) is 0 Å². The highest BCUT2D eigenvalue weighted by molar-refractivity contribution is 5.69. The number of rotatable bonds is 2. The minimum Gasteiger partial charge on any atom is -0.444 e. The summed E-state index contributed by atoms with van der Waals surface area (Å²) in [4.78, 5) is 14.2. The van der Waals surface area contributed by atoms with Gasteiger partial charge in [0.1, 0.15) is 11.4 Å². The van der Waals surface area contributed by atoms with Gasteiger partial charge < -0.3 is 10.5 Å². The average molecular weight is 328 g/mol. The zero-order valence-corrected chi connectivity index (χ0v) is 14.4. The number of likely N-dealkylation sites (tertiary alicyclic amines) is 1. The number of carbonyl (C=O) groups excluding carboxylic acids is 1. The number of ether oxygens (including phenoxy) is 1. The Hall–Kier alpha value is -2.50. The smallest absolute Gasteiger partial charge is 0.410 e. The topological polar surface area (TPSA) is 73.4 Å². The van der Waals surface area contributed by atoms with Crippen LogP contribution in [0.15, 0.2) is 36.4 Å². The van der Waals surface area contributed by atoms with Gasteiger partial charge >= 0.3 is 6.09 Å². The summed E-state index contributed by atoms with van der Waals surface area (Å²) in [6.07, 6.45) is 1.50. The highest BCUT2D eigenvalue weighted by Crippen LogP contribution is 2.33. The van der Waals surface area contributed by atoms with Crippen LogP contribution in [0.2, 0.25) is 0 Å². The lowest BCUT2D eigenvalue weighted by Gasteiger charge is -2.27. The molecule has 0 radical (unpaired) electrons. The fraction of sp³-hybridized carbons (Fsp3) is 0.444. The van der Waals surface area contributed by atoms with Crippen molar-refractivity contribution in [2.75, 3.05) is 12.3 Å². The van der Waals surface area contributed by atoms with Crippen molar-refractivity contribution in [3.05, 3.63) is 42.1 Å². The fourth-order valence-corrected chi connectivity index (χ4v) is 2.97. The van der Waals surface area contributed by atoms with Crippen molar-refractivity contribution in [2.45, 2.75) is 45.3 Å². The number of nitrogens with two attached hydrogens (primary N) is 1. The second-order valence-electron chi connectivity index (χ2n) is 7.07. The van der Waals surface area contributed by atoms with E-state index in [-0.39, 0.29) is 12.1 Å². The lowest BCUT2D eigenvalue weighted by molar-refractivity contribution is 0.0221. The van der Waals surface area contributed by atoms with Crippen molar-refractivity contribution in [1.82, 2.24) is 14.7 Å². The Morgan fingerprint density at radius 1 is 1.29 bits per heavy atom. The van der Waals surface area contributed by atoms with Crippen molar-refractivity contribution in [3.63, 3.8) is 0 Å². The molecule has 6 heteroatoms. The summed E-state index contributed by atoms with van der Waals surface area (Å²) in [6, 6.07) is 11.5. The van der Waals surface area contributed by atoms with Crippen LogP contribution in [-0.4, -0.2) is 32.9 Å². The zero-order chi connectivity index (χ0) is 17.3. The second kappa shape index (κ2) is 6.19. The Morgan fingerprint density at radius 3 is 2.67 bits per heavy atom. The van der Waals surface area contributed by atoms with Crippen molar-refractivity contribution in [3.8, 4) is 5.69 Å². The van der Waals surface area contributed by atoms with Crippen LogP contribution in [0.3, 0.4) is 0 Å². The first-order chi connectivity index (χ1) is 11.3. The normalized spacial score (nSPS) is 18.0. The van der Waals surface area contributed by atoms with Crippen LogP contribution in [-0.2, 0) is 4.74 Å². The molecule has 3 rings (SSSR count). The maximum Gasteiger partial charge on any atom is 0.410 e. The summed E-state index contributed by atoms with van der Waals surface area (Å²) in [5.74, 6) is 0.562. The molecule has 128 valence electrons. The quantitative estimate of drug-likeness (QED) is 0.915. The van der Waals surface area contributed by atoms with E-state index in [2.05, 4.69) is 5.10 Å². The molecule has 1 fully saturated rings. The zero-order valence-electron chi connectivity index (χ0n) is 14.4. The van der Waals surface area contributed by atoms with Crippen molar-refractivity contribution in [2.24, 2.45) is 0 Å². The third kappa shape index (κ3) is 3.37. The van der Waals surface area contributed by atoms with E-state index in [0.717, 1.165) is 24.2 Å². The lowest BCUT2D eigenvalue weighted by Crippen LogP contribution is -2.36. The molecule has 2 N–H and O–H groups in total. The van der Waals surface area contributed by atoms with Gasteiger partial charge in [-0.2, -0.15) is 5.10 Å². The summed E-state index contributed by atoms with van der Waals surface area (Å²) < 4.78 is 7.23. The molecule has 2 heterocycles. The second-order valence-corrected chi connectivity index (χ2v) is 7.07. The first-order valence-electron chi connectivity index (χ1n) is 8.25. The minimum absolute atomic E-state index is 0.0906. The highest BCUT2D eigenvalue weighted by Gasteiger charge is 2.34. The standard InChI is InChI=1S/C18H24N4O2/c1-18(2,3)24-17(23)21-11-7-10-15(21)14-12-16(19)22(20-14)13-8-5-4-6-9-13/h4-6,8-9,12,15H,7,10-11,19H2,1-3H3/t15-/m0/s1. The van der Waals surface area contributed by atoms with Crippen LogP contribution in [0.25, 0.3) is 5.69 Å². The number of anilines is 1. The van der Waals surface area contributed by atoms with E-state index in [4.69, 9.17) is 10.5 Å². The Bertz CT molecular complexity index is 718. The molecule has 0 saturated carbocycles. The molecular weight excluding hydrogens is 304 g/mol. The van der Waals surface area contributed by atoms with Gasteiger partial charge in [0.15, 0.2) is 0 Å². The number of aromatic nitrogens is 2. The average Bonchev–Trinajstić information content (AvgIpc) is 3.12. The number of amides is 1. The predicted molar refractivity (Wildman–Crippen MR) is 92.9 cm³/mol. The van der Waals surface area contributed by atoms with E-state index < -0.39 is 5.60 Å². The SMILES string of the molecule is CC(C)(C)OC(=O)N1CCC[C@H]1c1cc(N)n(-c2ccccc2)n1. The van der Waals surface area contributed by atoms with Crippen molar-refractivity contribution < 1.29 is 9.53 Å². The third-order valence-electron chi connectivity index (χ3n) is 3.98. The maximum atomic E-state index is 12.4. The Balaban J connectivity index is 1.85. The largest absolute Gasteiger partial charge is 0.444 e. The molecule has 1 aromatic heterocycles. The van der Waals surface area contributed by atoms with Gasteiger partial charge in [-0.05, 0) is 45.7 Å². The first kappa shape index (κ1) is 16.4. The molecule has 0 unspecified atom stereocenters. The van der Waals surface area contributed by atoms with Crippen LogP contribution >= 0.6 is 0 Å². The molecule has 1 aliphatic rings. The molecule has 0 aliphatic carbocycles. The van der Waals surface area contributed by atoms with Gasteiger partial charge in [0.2, 0.25) is 0 Å². The summed E-state index contributed by atoms with van der Waals surface area (Å²) in [6.45, 7) is 6.30.